The van der Waals surface area contributed by atoms with Gasteiger partial charge in [0.25, 0.3) is 0 Å². The molecule has 3 nitrogen and oxygen atoms in total. The smallest absolute Gasteiger partial charge is 0.134 e. The Morgan fingerprint density at radius 2 is 2.17 bits per heavy atom. The highest BCUT2D eigenvalue weighted by molar-refractivity contribution is 6.21. The van der Waals surface area contributed by atoms with E-state index in [9.17, 15) is 0 Å². The van der Waals surface area contributed by atoms with Gasteiger partial charge in [-0.25, -0.2) is 4.98 Å². The summed E-state index contributed by atoms with van der Waals surface area (Å²) in [4.78, 5) is 4.41. The topological polar surface area (TPSA) is 34.1 Å². The molecular formula is C14H15ClN2O. The number of halogens is 1. The Morgan fingerprint density at radius 1 is 1.33 bits per heavy atom. The van der Waals surface area contributed by atoms with Gasteiger partial charge in [-0.2, -0.15) is 0 Å². The molecule has 0 radical (unpaired) electrons. The summed E-state index contributed by atoms with van der Waals surface area (Å²) in [6.07, 6.45) is 3.84. The first-order valence-electron chi connectivity index (χ1n) is 6.09. The Labute approximate surface area is 111 Å². The summed E-state index contributed by atoms with van der Waals surface area (Å²) in [5.74, 6) is 1.80. The number of hydrogen-bond acceptors (Lipinski definition) is 3. The van der Waals surface area contributed by atoms with Crippen molar-refractivity contribution in [2.75, 3.05) is 12.4 Å². The fraction of sp³-hybridized carbons (Fsp3) is 0.357. The van der Waals surface area contributed by atoms with Gasteiger partial charge < -0.3 is 10.1 Å². The molecule has 94 valence electrons. The molecule has 0 aliphatic heterocycles. The minimum Gasteiger partial charge on any atom is -0.497 e. The largest absolute Gasteiger partial charge is 0.497 e. The van der Waals surface area contributed by atoms with E-state index in [2.05, 4.69) is 10.3 Å². The SMILES string of the molecule is COc1ccc2c(NC3CC(Cl)C3)nccc2c1. The van der Waals surface area contributed by atoms with Crippen LogP contribution in [0.1, 0.15) is 12.8 Å². The molecule has 1 saturated carbocycles. The van der Waals surface area contributed by atoms with E-state index >= 15 is 0 Å². The van der Waals surface area contributed by atoms with Crippen LogP contribution in [0.5, 0.6) is 5.75 Å². The normalized spacial score (nSPS) is 22.6. The fourth-order valence-electron chi connectivity index (χ4n) is 2.26. The van der Waals surface area contributed by atoms with Crippen LogP contribution in [-0.4, -0.2) is 23.5 Å². The summed E-state index contributed by atoms with van der Waals surface area (Å²) in [6, 6.07) is 8.47. The maximum atomic E-state index is 5.99. The number of alkyl halides is 1. The summed E-state index contributed by atoms with van der Waals surface area (Å²) in [7, 11) is 1.68. The van der Waals surface area contributed by atoms with Gasteiger partial charge in [0, 0.05) is 23.0 Å². The van der Waals surface area contributed by atoms with Crippen molar-refractivity contribution >= 4 is 28.2 Å². The lowest BCUT2D eigenvalue weighted by Gasteiger charge is -2.32. The Morgan fingerprint density at radius 3 is 2.89 bits per heavy atom. The zero-order valence-corrected chi connectivity index (χ0v) is 10.9. The second-order valence-electron chi connectivity index (χ2n) is 4.66. The molecule has 0 amide bonds. The average molecular weight is 263 g/mol. The zero-order valence-electron chi connectivity index (χ0n) is 10.2. The second-order valence-corrected chi connectivity index (χ2v) is 5.27. The molecule has 1 aromatic carbocycles. The van der Waals surface area contributed by atoms with Crippen LogP contribution < -0.4 is 10.1 Å². The molecule has 1 aliphatic rings. The minimum absolute atomic E-state index is 0.317. The molecule has 4 heteroatoms. The summed E-state index contributed by atoms with van der Waals surface area (Å²) < 4.78 is 5.23. The van der Waals surface area contributed by atoms with Crippen molar-refractivity contribution in [3.8, 4) is 5.75 Å². The fourth-order valence-corrected chi connectivity index (χ4v) is 2.69. The first-order valence-corrected chi connectivity index (χ1v) is 6.53. The molecule has 0 bridgehead atoms. The van der Waals surface area contributed by atoms with E-state index in [1.807, 2.05) is 30.5 Å². The molecule has 0 saturated heterocycles. The van der Waals surface area contributed by atoms with Crippen LogP contribution >= 0.6 is 11.6 Å². The number of aromatic nitrogens is 1. The van der Waals surface area contributed by atoms with Gasteiger partial charge in [0.15, 0.2) is 0 Å². The Hall–Kier alpha value is -1.48. The molecular weight excluding hydrogens is 248 g/mol. The molecule has 0 spiro atoms. The number of nitrogens with zero attached hydrogens (tertiary/aromatic N) is 1. The van der Waals surface area contributed by atoms with Gasteiger partial charge in [0.05, 0.1) is 7.11 Å². The van der Waals surface area contributed by atoms with E-state index < -0.39 is 0 Å². The molecule has 1 heterocycles. The van der Waals surface area contributed by atoms with Crippen LogP contribution in [-0.2, 0) is 0 Å². The van der Waals surface area contributed by atoms with Crippen molar-refractivity contribution in [3.05, 3.63) is 30.5 Å². The van der Waals surface area contributed by atoms with Crippen molar-refractivity contribution in [2.45, 2.75) is 24.3 Å². The van der Waals surface area contributed by atoms with Gasteiger partial charge in [0.2, 0.25) is 0 Å². The number of benzene rings is 1. The summed E-state index contributed by atoms with van der Waals surface area (Å²) >= 11 is 5.99. The molecule has 2 aromatic rings. The number of rotatable bonds is 3. The number of ether oxygens (including phenoxy) is 1. The number of methoxy groups -OCH3 is 1. The van der Waals surface area contributed by atoms with Gasteiger partial charge >= 0.3 is 0 Å². The Balaban J connectivity index is 1.91. The second kappa shape index (κ2) is 4.65. The minimum atomic E-state index is 0.317. The maximum Gasteiger partial charge on any atom is 0.134 e. The van der Waals surface area contributed by atoms with Crippen LogP contribution in [0.4, 0.5) is 5.82 Å². The monoisotopic (exact) mass is 262 g/mol. The summed E-state index contributed by atoms with van der Waals surface area (Å²) in [5, 5.41) is 6.02. The average Bonchev–Trinajstić information content (AvgIpc) is 2.36. The highest BCUT2D eigenvalue weighted by Gasteiger charge is 2.27. The van der Waals surface area contributed by atoms with Gasteiger partial charge in [-0.3, -0.25) is 0 Å². The molecule has 0 unspecified atom stereocenters. The standard InChI is InChI=1S/C14H15ClN2O/c1-18-12-2-3-13-9(6-12)4-5-16-14(13)17-11-7-10(15)8-11/h2-6,10-11H,7-8H2,1H3,(H,16,17). The summed E-state index contributed by atoms with van der Waals surface area (Å²) in [5.41, 5.74) is 0. The number of hydrogen-bond donors (Lipinski definition) is 1. The number of anilines is 1. The lowest BCUT2D eigenvalue weighted by Crippen LogP contribution is -2.36. The molecule has 1 N–H and O–H groups in total. The van der Waals surface area contributed by atoms with Crippen LogP contribution in [0.2, 0.25) is 0 Å². The summed E-state index contributed by atoms with van der Waals surface area (Å²) in [6.45, 7) is 0. The predicted octanol–water partition coefficient (Wildman–Crippen LogP) is 3.43. The Kier molecular flexibility index (Phi) is 3.00. The van der Waals surface area contributed by atoms with Crippen molar-refractivity contribution in [1.29, 1.82) is 0 Å². The predicted molar refractivity (Wildman–Crippen MR) is 74.6 cm³/mol. The van der Waals surface area contributed by atoms with Gasteiger partial charge in [-0.15, -0.1) is 11.6 Å². The van der Waals surface area contributed by atoms with Crippen LogP contribution in [0, 0.1) is 0 Å². The van der Waals surface area contributed by atoms with Gasteiger partial charge in [-0.1, -0.05) is 0 Å². The van der Waals surface area contributed by atoms with Crippen molar-refractivity contribution < 1.29 is 4.74 Å². The van der Waals surface area contributed by atoms with E-state index in [1.165, 1.54) is 0 Å². The Bertz CT molecular complexity index is 567. The molecule has 1 aromatic heterocycles. The lowest BCUT2D eigenvalue weighted by atomic mass is 9.92. The van der Waals surface area contributed by atoms with E-state index in [0.717, 1.165) is 35.2 Å². The van der Waals surface area contributed by atoms with E-state index in [1.54, 1.807) is 7.11 Å². The molecule has 0 atom stereocenters. The van der Waals surface area contributed by atoms with E-state index in [4.69, 9.17) is 16.3 Å². The molecule has 1 fully saturated rings. The highest BCUT2D eigenvalue weighted by atomic mass is 35.5. The van der Waals surface area contributed by atoms with Crippen LogP contribution in [0.25, 0.3) is 10.8 Å². The highest BCUT2D eigenvalue weighted by Crippen LogP contribution is 2.31. The quantitative estimate of drug-likeness (QED) is 0.861. The zero-order chi connectivity index (χ0) is 12.5. The van der Waals surface area contributed by atoms with Gasteiger partial charge in [0.1, 0.15) is 11.6 Å². The maximum absolute atomic E-state index is 5.99. The van der Waals surface area contributed by atoms with Crippen molar-refractivity contribution in [1.82, 2.24) is 4.98 Å². The third kappa shape index (κ3) is 2.10. The van der Waals surface area contributed by atoms with Crippen LogP contribution in [0.15, 0.2) is 30.5 Å². The molecule has 1 aliphatic carbocycles. The molecule has 3 rings (SSSR count). The lowest BCUT2D eigenvalue weighted by molar-refractivity contribution is 0.415. The third-order valence-electron chi connectivity index (χ3n) is 3.39. The van der Waals surface area contributed by atoms with Crippen LogP contribution in [0.3, 0.4) is 0 Å². The first kappa shape index (κ1) is 11.6. The van der Waals surface area contributed by atoms with E-state index in [-0.39, 0.29) is 0 Å². The third-order valence-corrected chi connectivity index (χ3v) is 3.75. The van der Waals surface area contributed by atoms with Crippen molar-refractivity contribution in [3.63, 3.8) is 0 Å². The van der Waals surface area contributed by atoms with E-state index in [0.29, 0.717) is 11.4 Å². The van der Waals surface area contributed by atoms with Crippen molar-refractivity contribution in [2.24, 2.45) is 0 Å². The number of nitrogens with one attached hydrogen (secondary N) is 1. The van der Waals surface area contributed by atoms with Gasteiger partial charge in [-0.05, 0) is 42.5 Å². The number of fused-ring (bicyclic) bond motifs is 1. The molecule has 18 heavy (non-hydrogen) atoms. The number of pyridine rings is 1. The first-order chi connectivity index (χ1) is 8.76.